The van der Waals surface area contributed by atoms with E-state index in [-0.39, 0.29) is 11.7 Å². The maximum Gasteiger partial charge on any atom is 0.255 e. The average Bonchev–Trinajstić information content (AvgIpc) is 3.05. The second-order valence-corrected chi connectivity index (χ2v) is 7.95. The van der Waals surface area contributed by atoms with E-state index >= 15 is 0 Å². The van der Waals surface area contributed by atoms with Gasteiger partial charge in [-0.15, -0.1) is 0 Å². The molecule has 30 heavy (non-hydrogen) atoms. The highest BCUT2D eigenvalue weighted by atomic mass is 19.1. The van der Waals surface area contributed by atoms with Crippen LogP contribution in [-0.2, 0) is 6.54 Å². The summed E-state index contributed by atoms with van der Waals surface area (Å²) in [5.74, 6) is -0.599. The Morgan fingerprint density at radius 2 is 1.87 bits per heavy atom. The van der Waals surface area contributed by atoms with Gasteiger partial charge in [-0.2, -0.15) is 5.10 Å². The lowest BCUT2D eigenvalue weighted by molar-refractivity contribution is 0.102. The van der Waals surface area contributed by atoms with Gasteiger partial charge in [0.25, 0.3) is 5.91 Å². The molecule has 2 aromatic carbocycles. The smallest absolute Gasteiger partial charge is 0.255 e. The minimum absolute atomic E-state index is 0.242. The Hall–Kier alpha value is -3.15. The van der Waals surface area contributed by atoms with Crippen LogP contribution in [0.15, 0.2) is 48.5 Å². The maximum absolute atomic E-state index is 13.9. The molecule has 0 aliphatic carbocycles. The van der Waals surface area contributed by atoms with Gasteiger partial charge in [0, 0.05) is 24.3 Å². The van der Waals surface area contributed by atoms with Crippen LogP contribution in [0.2, 0.25) is 0 Å². The highest BCUT2D eigenvalue weighted by molar-refractivity contribution is 6.06. The summed E-state index contributed by atoms with van der Waals surface area (Å²) in [5, 5.41) is 7.42. The first-order valence-corrected chi connectivity index (χ1v) is 10.5. The number of amides is 1. The Kier molecular flexibility index (Phi) is 5.84. The molecule has 6 heteroatoms. The second-order valence-electron chi connectivity index (χ2n) is 7.95. The van der Waals surface area contributed by atoms with Crippen LogP contribution in [0.1, 0.15) is 46.6 Å². The molecule has 1 aliphatic heterocycles. The average molecular weight is 407 g/mol. The third-order valence-corrected chi connectivity index (χ3v) is 5.53. The van der Waals surface area contributed by atoms with Crippen LogP contribution in [-0.4, -0.2) is 28.8 Å². The van der Waals surface area contributed by atoms with Gasteiger partial charge in [0.05, 0.1) is 23.6 Å². The minimum atomic E-state index is -0.357. The number of carbonyl (C=O) groups excluding carboxylic acids is 1. The van der Waals surface area contributed by atoms with Crippen molar-refractivity contribution in [1.29, 1.82) is 0 Å². The molecular weight excluding hydrogens is 379 g/mol. The molecule has 2 heterocycles. The number of hydrogen-bond donors (Lipinski definition) is 1. The van der Waals surface area contributed by atoms with Crippen LogP contribution in [0.3, 0.4) is 0 Å². The first-order chi connectivity index (χ1) is 14.5. The molecule has 0 radical (unpaired) electrons. The van der Waals surface area contributed by atoms with Crippen molar-refractivity contribution >= 4 is 17.3 Å². The van der Waals surface area contributed by atoms with Gasteiger partial charge in [0.1, 0.15) is 5.82 Å². The Morgan fingerprint density at radius 3 is 2.60 bits per heavy atom. The number of nitrogens with one attached hydrogen (secondary N) is 1. The number of hydrogen-bond acceptors (Lipinski definition) is 3. The molecule has 0 saturated carbocycles. The molecule has 3 aromatic rings. The number of benzene rings is 2. The zero-order chi connectivity index (χ0) is 21.1. The van der Waals surface area contributed by atoms with Gasteiger partial charge >= 0.3 is 0 Å². The molecule has 1 N–H and O–H groups in total. The number of halogens is 1. The predicted molar refractivity (Wildman–Crippen MR) is 118 cm³/mol. The van der Waals surface area contributed by atoms with Gasteiger partial charge in [-0.05, 0) is 75.1 Å². The summed E-state index contributed by atoms with van der Waals surface area (Å²) >= 11 is 0. The summed E-state index contributed by atoms with van der Waals surface area (Å²) in [6, 6.07) is 14.1. The van der Waals surface area contributed by atoms with Gasteiger partial charge < -0.3 is 10.2 Å². The van der Waals surface area contributed by atoms with E-state index in [1.165, 1.54) is 18.6 Å². The lowest BCUT2D eigenvalue weighted by Crippen LogP contribution is -2.30. The van der Waals surface area contributed by atoms with E-state index in [1.54, 1.807) is 12.1 Å². The van der Waals surface area contributed by atoms with Crippen molar-refractivity contribution in [2.45, 2.75) is 39.7 Å². The van der Waals surface area contributed by atoms with Crippen molar-refractivity contribution < 1.29 is 9.18 Å². The van der Waals surface area contributed by atoms with Crippen molar-refractivity contribution in [1.82, 2.24) is 9.78 Å². The van der Waals surface area contributed by atoms with Gasteiger partial charge in [-0.3, -0.25) is 9.48 Å². The topological polar surface area (TPSA) is 50.2 Å². The first kappa shape index (κ1) is 20.1. The van der Waals surface area contributed by atoms with Crippen molar-refractivity contribution in [2.75, 3.05) is 23.3 Å². The molecule has 0 unspecified atom stereocenters. The molecule has 1 amide bonds. The van der Waals surface area contributed by atoms with Crippen molar-refractivity contribution in [2.24, 2.45) is 0 Å². The third kappa shape index (κ3) is 4.53. The van der Waals surface area contributed by atoms with Crippen LogP contribution in [0, 0.1) is 19.7 Å². The van der Waals surface area contributed by atoms with E-state index in [1.807, 2.05) is 42.8 Å². The van der Waals surface area contributed by atoms with E-state index in [0.29, 0.717) is 17.8 Å². The van der Waals surface area contributed by atoms with E-state index in [0.717, 1.165) is 48.6 Å². The summed E-state index contributed by atoms with van der Waals surface area (Å²) in [7, 11) is 0. The molecule has 4 rings (SSSR count). The largest absolute Gasteiger partial charge is 0.370 e. The predicted octanol–water partition coefficient (Wildman–Crippen LogP) is 4.93. The Morgan fingerprint density at radius 1 is 1.07 bits per heavy atom. The van der Waals surface area contributed by atoms with Crippen LogP contribution in [0.25, 0.3) is 0 Å². The summed E-state index contributed by atoms with van der Waals surface area (Å²) in [5.41, 5.74) is 4.98. The van der Waals surface area contributed by atoms with Crippen LogP contribution >= 0.6 is 0 Å². The zero-order valence-corrected chi connectivity index (χ0v) is 17.5. The maximum atomic E-state index is 13.9. The monoisotopic (exact) mass is 406 g/mol. The summed E-state index contributed by atoms with van der Waals surface area (Å²) in [6.07, 6.45) is 3.43. The number of anilines is 2. The molecular formula is C24H27FN4O. The quantitative estimate of drug-likeness (QED) is 0.654. The van der Waals surface area contributed by atoms with Crippen LogP contribution in [0.5, 0.6) is 0 Å². The zero-order valence-electron chi connectivity index (χ0n) is 17.5. The fourth-order valence-corrected chi connectivity index (χ4v) is 4.03. The van der Waals surface area contributed by atoms with Crippen molar-refractivity contribution in [3.8, 4) is 0 Å². The molecule has 5 nitrogen and oxygen atoms in total. The Balaban J connectivity index is 1.54. The molecule has 0 bridgehead atoms. The lowest BCUT2D eigenvalue weighted by Gasteiger charge is -2.30. The Labute approximate surface area is 176 Å². The standard InChI is InChI=1S/C24H27FN4O/c1-17-13-18(2)29(27-17)16-19-7-6-8-20(14-19)24(30)26-22-15-21(25)9-10-23(22)28-11-4-3-5-12-28/h6-10,13-15H,3-5,11-12,16H2,1-2H3,(H,26,30). The van der Waals surface area contributed by atoms with Gasteiger partial charge in [-0.1, -0.05) is 12.1 Å². The van der Waals surface area contributed by atoms with Crippen molar-refractivity contribution in [3.63, 3.8) is 0 Å². The molecule has 0 spiro atoms. The van der Waals surface area contributed by atoms with Gasteiger partial charge in [0.2, 0.25) is 0 Å². The van der Waals surface area contributed by atoms with E-state index < -0.39 is 0 Å². The normalized spacial score (nSPS) is 14.0. The van der Waals surface area contributed by atoms with Gasteiger partial charge in [-0.25, -0.2) is 4.39 Å². The third-order valence-electron chi connectivity index (χ3n) is 5.53. The molecule has 1 saturated heterocycles. The molecule has 1 aromatic heterocycles. The number of piperidine rings is 1. The number of carbonyl (C=O) groups is 1. The number of aryl methyl sites for hydroxylation is 2. The number of rotatable bonds is 5. The first-order valence-electron chi connectivity index (χ1n) is 10.5. The molecule has 1 fully saturated rings. The summed E-state index contributed by atoms with van der Waals surface area (Å²) in [4.78, 5) is 15.2. The highest BCUT2D eigenvalue weighted by Crippen LogP contribution is 2.30. The van der Waals surface area contributed by atoms with E-state index in [9.17, 15) is 9.18 Å². The Bertz CT molecular complexity index is 1050. The highest BCUT2D eigenvalue weighted by Gasteiger charge is 2.17. The summed E-state index contributed by atoms with van der Waals surface area (Å²) in [6.45, 7) is 6.42. The fourth-order valence-electron chi connectivity index (χ4n) is 4.03. The van der Waals surface area contributed by atoms with Gasteiger partial charge in [0.15, 0.2) is 0 Å². The van der Waals surface area contributed by atoms with Crippen LogP contribution < -0.4 is 10.2 Å². The lowest BCUT2D eigenvalue weighted by atomic mass is 10.1. The van der Waals surface area contributed by atoms with Crippen molar-refractivity contribution in [3.05, 3.63) is 76.9 Å². The number of nitrogens with zero attached hydrogens (tertiary/aromatic N) is 3. The van der Waals surface area contributed by atoms with E-state index in [4.69, 9.17) is 0 Å². The second kappa shape index (κ2) is 8.69. The SMILES string of the molecule is Cc1cc(C)n(Cc2cccc(C(=O)Nc3cc(F)ccc3N3CCCCC3)c2)n1. The molecule has 156 valence electrons. The van der Waals surface area contributed by atoms with Crippen LogP contribution in [0.4, 0.5) is 15.8 Å². The van der Waals surface area contributed by atoms with E-state index in [2.05, 4.69) is 15.3 Å². The minimum Gasteiger partial charge on any atom is -0.370 e. The summed E-state index contributed by atoms with van der Waals surface area (Å²) < 4.78 is 15.9. The fraction of sp³-hybridized carbons (Fsp3) is 0.333. The molecule has 0 atom stereocenters. The number of aromatic nitrogens is 2. The molecule has 1 aliphatic rings.